The molecule has 1 saturated heterocycles. The summed E-state index contributed by atoms with van der Waals surface area (Å²) in [5.41, 5.74) is 2.77. The summed E-state index contributed by atoms with van der Waals surface area (Å²) in [7, 11) is 1.88. The molecule has 4 aliphatic carbocycles. The number of hydrogen-bond acceptors (Lipinski definition) is 5. The molecule has 3 N–H and O–H groups in total. The standard InChI is InChI=1S/C18H28ClFN4O3/c1-24-14(4-5-21-24)16(26)23-18-8-17(9-18,10-18)22-15(25)7-27-11-2-3-12(19)13(20)6-11/h11-14,21H,2-10H2,1H3,(H,22,25)(H,23,26). The van der Waals surface area contributed by atoms with E-state index in [0.29, 0.717) is 12.8 Å². The quantitative estimate of drug-likeness (QED) is 0.567. The van der Waals surface area contributed by atoms with Crippen LogP contribution in [0.1, 0.15) is 44.9 Å². The molecule has 1 heterocycles. The monoisotopic (exact) mass is 402 g/mol. The van der Waals surface area contributed by atoms with E-state index < -0.39 is 11.5 Å². The summed E-state index contributed by atoms with van der Waals surface area (Å²) in [5, 5.41) is 7.62. The van der Waals surface area contributed by atoms with Gasteiger partial charge in [0, 0.05) is 31.1 Å². The van der Waals surface area contributed by atoms with Crippen molar-refractivity contribution in [1.82, 2.24) is 21.1 Å². The van der Waals surface area contributed by atoms with Gasteiger partial charge in [0.05, 0.1) is 11.5 Å². The molecule has 152 valence electrons. The van der Waals surface area contributed by atoms with Gasteiger partial charge in [-0.15, -0.1) is 11.6 Å². The van der Waals surface area contributed by atoms with E-state index in [2.05, 4.69) is 16.1 Å². The number of hydrogen-bond donors (Lipinski definition) is 3. The summed E-state index contributed by atoms with van der Waals surface area (Å²) in [5.74, 6) is -0.112. The topological polar surface area (TPSA) is 82.7 Å². The smallest absolute Gasteiger partial charge is 0.246 e. The molecule has 2 amide bonds. The van der Waals surface area contributed by atoms with Crippen molar-refractivity contribution in [3.05, 3.63) is 0 Å². The number of alkyl halides is 2. The number of amides is 2. The average Bonchev–Trinajstić information content (AvgIpc) is 2.99. The lowest BCUT2D eigenvalue weighted by Gasteiger charge is -2.70. The maximum atomic E-state index is 13.6. The minimum atomic E-state index is -1.07. The fraction of sp³-hybridized carbons (Fsp3) is 0.889. The molecule has 0 spiro atoms. The van der Waals surface area contributed by atoms with Gasteiger partial charge in [0.15, 0.2) is 0 Å². The van der Waals surface area contributed by atoms with E-state index in [4.69, 9.17) is 16.3 Å². The van der Waals surface area contributed by atoms with E-state index in [-0.39, 0.29) is 48.1 Å². The van der Waals surface area contributed by atoms with Crippen LogP contribution in [-0.4, -0.2) is 71.8 Å². The van der Waals surface area contributed by atoms with Crippen LogP contribution in [-0.2, 0) is 14.3 Å². The Labute approximate surface area is 163 Å². The van der Waals surface area contributed by atoms with Gasteiger partial charge in [-0.3, -0.25) is 15.0 Å². The van der Waals surface area contributed by atoms with E-state index >= 15 is 0 Å². The number of carbonyl (C=O) groups excluding carboxylic acids is 2. The zero-order valence-corrected chi connectivity index (χ0v) is 16.4. The molecule has 4 unspecified atom stereocenters. The number of nitrogens with zero attached hydrogens (tertiary/aromatic N) is 1. The van der Waals surface area contributed by atoms with Gasteiger partial charge in [0.25, 0.3) is 0 Å². The molecular formula is C18H28ClFN4O3. The highest BCUT2D eigenvalue weighted by Crippen LogP contribution is 2.60. The average molecular weight is 403 g/mol. The molecule has 0 aromatic carbocycles. The summed E-state index contributed by atoms with van der Waals surface area (Å²) in [4.78, 5) is 24.6. The van der Waals surface area contributed by atoms with Gasteiger partial charge in [0.2, 0.25) is 11.8 Å². The number of rotatable bonds is 6. The molecule has 5 rings (SSSR count). The highest BCUT2D eigenvalue weighted by Gasteiger charge is 2.69. The van der Waals surface area contributed by atoms with Gasteiger partial charge in [-0.25, -0.2) is 9.40 Å². The SMILES string of the molecule is CN1NCCC1C(=O)NC12CC(NC(=O)COC3CCC(Cl)C(F)C3)(C1)C2. The van der Waals surface area contributed by atoms with Crippen LogP contribution >= 0.6 is 11.6 Å². The van der Waals surface area contributed by atoms with Crippen molar-refractivity contribution in [2.24, 2.45) is 0 Å². The van der Waals surface area contributed by atoms with Crippen molar-refractivity contribution >= 4 is 23.4 Å². The molecule has 2 bridgehead atoms. The first kappa shape index (κ1) is 19.4. The van der Waals surface area contributed by atoms with E-state index in [1.165, 1.54) is 0 Å². The molecule has 5 fully saturated rings. The predicted molar refractivity (Wildman–Crippen MR) is 97.9 cm³/mol. The minimum absolute atomic E-state index is 0.0516. The lowest BCUT2D eigenvalue weighted by molar-refractivity contribution is -0.155. The normalized spacial score (nSPS) is 43.5. The molecule has 0 radical (unpaired) electrons. The van der Waals surface area contributed by atoms with Gasteiger partial charge in [-0.05, 0) is 38.5 Å². The molecule has 9 heteroatoms. The zero-order valence-electron chi connectivity index (χ0n) is 15.6. The molecule has 0 aromatic heterocycles. The molecule has 4 atom stereocenters. The third kappa shape index (κ3) is 3.81. The van der Waals surface area contributed by atoms with E-state index in [1.807, 2.05) is 12.1 Å². The van der Waals surface area contributed by atoms with Crippen molar-refractivity contribution in [3.8, 4) is 0 Å². The van der Waals surface area contributed by atoms with Crippen LogP contribution in [0, 0.1) is 0 Å². The summed E-state index contributed by atoms with van der Waals surface area (Å²) < 4.78 is 19.2. The molecule has 1 aliphatic heterocycles. The molecular weight excluding hydrogens is 375 g/mol. The number of likely N-dealkylation sites (N-methyl/N-ethyl adjacent to an activating group) is 1. The third-order valence-electron chi connectivity index (χ3n) is 6.47. The first-order valence-corrected chi connectivity index (χ1v) is 10.2. The van der Waals surface area contributed by atoms with Gasteiger partial charge in [-0.1, -0.05) is 0 Å². The highest BCUT2D eigenvalue weighted by atomic mass is 35.5. The van der Waals surface area contributed by atoms with Crippen molar-refractivity contribution in [2.45, 2.75) is 79.7 Å². The Morgan fingerprint density at radius 2 is 1.93 bits per heavy atom. The summed E-state index contributed by atoms with van der Waals surface area (Å²) in [6.07, 6.45) is 3.33. The lowest BCUT2D eigenvalue weighted by atomic mass is 9.44. The summed E-state index contributed by atoms with van der Waals surface area (Å²) in [6.45, 7) is 0.765. The summed E-state index contributed by atoms with van der Waals surface area (Å²) >= 11 is 5.87. The highest BCUT2D eigenvalue weighted by molar-refractivity contribution is 6.21. The second-order valence-electron chi connectivity index (χ2n) is 8.73. The van der Waals surface area contributed by atoms with E-state index in [0.717, 1.165) is 32.2 Å². The maximum Gasteiger partial charge on any atom is 0.246 e. The number of nitrogens with one attached hydrogen (secondary N) is 3. The molecule has 27 heavy (non-hydrogen) atoms. The van der Waals surface area contributed by atoms with E-state index in [1.54, 1.807) is 0 Å². The fourth-order valence-electron chi connectivity index (χ4n) is 5.11. The Morgan fingerprint density at radius 3 is 2.56 bits per heavy atom. The van der Waals surface area contributed by atoms with Crippen LogP contribution in [0.3, 0.4) is 0 Å². The largest absolute Gasteiger partial charge is 0.368 e. The summed E-state index contributed by atoms with van der Waals surface area (Å²) in [6, 6.07) is -0.125. The van der Waals surface area contributed by atoms with Crippen LogP contribution in [0.25, 0.3) is 0 Å². The molecule has 0 aromatic rings. The van der Waals surface area contributed by atoms with Crippen LogP contribution in [0.4, 0.5) is 4.39 Å². The second kappa shape index (κ2) is 7.13. The molecule has 7 nitrogen and oxygen atoms in total. The number of halogens is 2. The fourth-order valence-corrected chi connectivity index (χ4v) is 5.33. The Morgan fingerprint density at radius 1 is 1.22 bits per heavy atom. The zero-order chi connectivity index (χ0) is 19.2. The first-order chi connectivity index (χ1) is 12.8. The van der Waals surface area contributed by atoms with E-state index in [9.17, 15) is 14.0 Å². The third-order valence-corrected chi connectivity index (χ3v) is 6.96. The number of ether oxygens (including phenoxy) is 1. The van der Waals surface area contributed by atoms with Crippen molar-refractivity contribution < 1.29 is 18.7 Å². The van der Waals surface area contributed by atoms with Crippen LogP contribution in [0.2, 0.25) is 0 Å². The lowest BCUT2D eigenvalue weighted by Crippen LogP contribution is -2.84. The van der Waals surface area contributed by atoms with Crippen LogP contribution < -0.4 is 16.1 Å². The van der Waals surface area contributed by atoms with Gasteiger partial charge in [-0.2, -0.15) is 0 Å². The van der Waals surface area contributed by atoms with Crippen LogP contribution in [0.5, 0.6) is 0 Å². The number of hydrazine groups is 1. The van der Waals surface area contributed by atoms with Crippen molar-refractivity contribution in [2.75, 3.05) is 20.2 Å². The van der Waals surface area contributed by atoms with Crippen molar-refractivity contribution in [1.29, 1.82) is 0 Å². The Hall–Kier alpha value is -0.960. The second-order valence-corrected chi connectivity index (χ2v) is 9.29. The Balaban J connectivity index is 1.16. The van der Waals surface area contributed by atoms with Gasteiger partial charge >= 0.3 is 0 Å². The number of carbonyl (C=O) groups is 2. The predicted octanol–water partition coefficient (Wildman–Crippen LogP) is 0.617. The molecule has 4 saturated carbocycles. The first-order valence-electron chi connectivity index (χ1n) is 9.79. The minimum Gasteiger partial charge on any atom is -0.368 e. The Kier molecular flexibility index (Phi) is 5.12. The van der Waals surface area contributed by atoms with Gasteiger partial charge in [0.1, 0.15) is 18.8 Å². The Bertz CT molecular complexity index is 602. The maximum absolute atomic E-state index is 13.6. The van der Waals surface area contributed by atoms with Crippen molar-refractivity contribution in [3.63, 3.8) is 0 Å². The van der Waals surface area contributed by atoms with Gasteiger partial charge < -0.3 is 15.4 Å². The molecule has 5 aliphatic rings. The van der Waals surface area contributed by atoms with Crippen LogP contribution in [0.15, 0.2) is 0 Å².